The molecule has 2 amide bonds. The van der Waals surface area contributed by atoms with Crippen molar-refractivity contribution in [2.75, 3.05) is 25.5 Å². The average molecular weight is 404 g/mol. The molecule has 3 aromatic rings. The Bertz CT molecular complexity index is 1020. The van der Waals surface area contributed by atoms with Crippen LogP contribution >= 0.6 is 0 Å². The van der Waals surface area contributed by atoms with Crippen LogP contribution in [-0.4, -0.2) is 36.9 Å². The summed E-state index contributed by atoms with van der Waals surface area (Å²) < 4.78 is 10.8. The van der Waals surface area contributed by atoms with Crippen molar-refractivity contribution < 1.29 is 18.7 Å². The fourth-order valence-electron chi connectivity index (χ4n) is 3.79. The number of benzene rings is 2. The number of carbonyl (C=O) groups is 2. The minimum atomic E-state index is -0.149. The highest BCUT2D eigenvalue weighted by molar-refractivity contribution is 5.98. The Morgan fingerprint density at radius 1 is 1.00 bits per heavy atom. The van der Waals surface area contributed by atoms with Gasteiger partial charge < -0.3 is 19.4 Å². The number of rotatable bonds is 5. The second kappa shape index (κ2) is 8.86. The van der Waals surface area contributed by atoms with E-state index in [0.717, 1.165) is 11.1 Å². The van der Waals surface area contributed by atoms with E-state index < -0.39 is 0 Å². The summed E-state index contributed by atoms with van der Waals surface area (Å²) >= 11 is 0. The summed E-state index contributed by atoms with van der Waals surface area (Å²) in [6.07, 6.45) is 2.76. The number of likely N-dealkylation sites (tertiary alicyclic amines) is 1. The monoisotopic (exact) mass is 404 g/mol. The minimum Gasteiger partial charge on any atom is -0.495 e. The van der Waals surface area contributed by atoms with E-state index in [-0.39, 0.29) is 17.7 Å². The zero-order valence-corrected chi connectivity index (χ0v) is 16.8. The lowest BCUT2D eigenvalue weighted by molar-refractivity contribution is -0.121. The van der Waals surface area contributed by atoms with Crippen molar-refractivity contribution in [3.8, 4) is 16.9 Å². The van der Waals surface area contributed by atoms with E-state index in [2.05, 4.69) is 5.32 Å². The summed E-state index contributed by atoms with van der Waals surface area (Å²) in [7, 11) is 1.58. The number of furan rings is 1. The molecule has 1 aromatic heterocycles. The normalized spacial score (nSPS) is 14.4. The summed E-state index contributed by atoms with van der Waals surface area (Å²) in [5.41, 5.74) is 2.39. The van der Waals surface area contributed by atoms with Crippen molar-refractivity contribution >= 4 is 17.5 Å². The largest absolute Gasteiger partial charge is 0.495 e. The molecule has 1 aliphatic heterocycles. The van der Waals surface area contributed by atoms with E-state index in [1.165, 1.54) is 0 Å². The molecule has 0 spiro atoms. The number of amides is 2. The number of hydrogen-bond donors (Lipinski definition) is 1. The van der Waals surface area contributed by atoms with Gasteiger partial charge in [-0.1, -0.05) is 42.5 Å². The fourth-order valence-corrected chi connectivity index (χ4v) is 3.79. The molecule has 0 radical (unpaired) electrons. The third-order valence-electron chi connectivity index (χ3n) is 5.46. The third kappa shape index (κ3) is 4.08. The lowest BCUT2D eigenvalue weighted by atomic mass is 9.95. The first-order valence-electron chi connectivity index (χ1n) is 10.0. The highest BCUT2D eigenvalue weighted by Crippen LogP contribution is 2.29. The molecular weight excluding hydrogens is 380 g/mol. The second-order valence-electron chi connectivity index (χ2n) is 7.29. The van der Waals surface area contributed by atoms with E-state index in [0.29, 0.717) is 43.1 Å². The van der Waals surface area contributed by atoms with Crippen molar-refractivity contribution in [3.63, 3.8) is 0 Å². The van der Waals surface area contributed by atoms with Gasteiger partial charge in [0.1, 0.15) is 5.75 Å². The second-order valence-corrected chi connectivity index (χ2v) is 7.29. The molecule has 2 heterocycles. The number of carbonyl (C=O) groups excluding carboxylic acids is 2. The smallest absolute Gasteiger partial charge is 0.290 e. The fraction of sp³-hybridized carbons (Fsp3) is 0.250. The van der Waals surface area contributed by atoms with E-state index in [4.69, 9.17) is 9.15 Å². The maximum absolute atomic E-state index is 13.0. The van der Waals surface area contributed by atoms with Crippen LogP contribution in [0.1, 0.15) is 23.4 Å². The Kier molecular flexibility index (Phi) is 5.84. The van der Waals surface area contributed by atoms with Crippen LogP contribution in [0.25, 0.3) is 11.1 Å². The molecule has 1 aliphatic rings. The number of nitrogens with zero attached hydrogens (tertiary/aromatic N) is 1. The standard InChI is InChI=1S/C24H24N2O4/c1-29-21-10-6-5-9-20(21)25-23(27)18-11-14-26(15-12-18)24(28)22-19(13-16-30-22)17-7-3-2-4-8-17/h2-10,13,16,18H,11-12,14-15H2,1H3,(H,25,27). The Morgan fingerprint density at radius 2 is 1.70 bits per heavy atom. The van der Waals surface area contributed by atoms with Gasteiger partial charge in [0.15, 0.2) is 5.76 Å². The zero-order chi connectivity index (χ0) is 20.9. The Labute approximate surface area is 175 Å². The van der Waals surface area contributed by atoms with Crippen molar-refractivity contribution in [2.24, 2.45) is 5.92 Å². The molecule has 30 heavy (non-hydrogen) atoms. The minimum absolute atomic E-state index is 0.0467. The van der Waals surface area contributed by atoms with Crippen LogP contribution in [0.4, 0.5) is 5.69 Å². The molecule has 0 unspecified atom stereocenters. The zero-order valence-electron chi connectivity index (χ0n) is 16.8. The molecule has 1 N–H and O–H groups in total. The first-order chi connectivity index (χ1) is 14.7. The van der Waals surface area contributed by atoms with Gasteiger partial charge in [0, 0.05) is 24.6 Å². The quantitative estimate of drug-likeness (QED) is 0.682. The Morgan fingerprint density at radius 3 is 2.43 bits per heavy atom. The van der Waals surface area contributed by atoms with Crippen LogP contribution in [0.15, 0.2) is 71.3 Å². The molecular formula is C24H24N2O4. The topological polar surface area (TPSA) is 71.8 Å². The summed E-state index contributed by atoms with van der Waals surface area (Å²) in [6.45, 7) is 1.02. The third-order valence-corrected chi connectivity index (χ3v) is 5.46. The van der Waals surface area contributed by atoms with E-state index in [9.17, 15) is 9.59 Å². The molecule has 1 fully saturated rings. The number of anilines is 1. The highest BCUT2D eigenvalue weighted by Gasteiger charge is 2.30. The van der Waals surface area contributed by atoms with E-state index in [1.807, 2.05) is 60.7 Å². The number of ether oxygens (including phenoxy) is 1. The number of para-hydroxylation sites is 2. The molecule has 4 rings (SSSR count). The Hall–Kier alpha value is -3.54. The van der Waals surface area contributed by atoms with Crippen LogP contribution in [-0.2, 0) is 4.79 Å². The summed E-state index contributed by atoms with van der Waals surface area (Å²) in [5.74, 6) is 0.643. The van der Waals surface area contributed by atoms with E-state index >= 15 is 0 Å². The van der Waals surface area contributed by atoms with Crippen LogP contribution < -0.4 is 10.1 Å². The van der Waals surface area contributed by atoms with Gasteiger partial charge in [-0.05, 0) is 36.6 Å². The van der Waals surface area contributed by atoms with Crippen molar-refractivity contribution in [1.82, 2.24) is 4.90 Å². The molecule has 154 valence electrons. The molecule has 2 aromatic carbocycles. The highest BCUT2D eigenvalue weighted by atomic mass is 16.5. The predicted octanol–water partition coefficient (Wildman–Crippen LogP) is 4.45. The molecule has 0 atom stereocenters. The van der Waals surface area contributed by atoms with Gasteiger partial charge in [-0.15, -0.1) is 0 Å². The Balaban J connectivity index is 1.39. The van der Waals surface area contributed by atoms with Gasteiger partial charge in [0.25, 0.3) is 5.91 Å². The van der Waals surface area contributed by atoms with Crippen LogP contribution in [0, 0.1) is 5.92 Å². The maximum Gasteiger partial charge on any atom is 0.290 e. The van der Waals surface area contributed by atoms with E-state index in [1.54, 1.807) is 18.3 Å². The van der Waals surface area contributed by atoms with Gasteiger partial charge in [0.05, 0.1) is 19.1 Å². The lowest BCUT2D eigenvalue weighted by Gasteiger charge is -2.31. The molecule has 6 nitrogen and oxygen atoms in total. The molecule has 0 saturated carbocycles. The SMILES string of the molecule is COc1ccccc1NC(=O)C1CCN(C(=O)c2occc2-c2ccccc2)CC1. The first-order valence-corrected chi connectivity index (χ1v) is 10.0. The van der Waals surface area contributed by atoms with Crippen LogP contribution in [0.2, 0.25) is 0 Å². The maximum atomic E-state index is 13.0. The molecule has 0 bridgehead atoms. The van der Waals surface area contributed by atoms with Gasteiger partial charge in [-0.25, -0.2) is 0 Å². The number of nitrogens with one attached hydrogen (secondary N) is 1. The average Bonchev–Trinajstić information content (AvgIpc) is 3.29. The molecule has 0 aliphatic carbocycles. The van der Waals surface area contributed by atoms with Gasteiger partial charge >= 0.3 is 0 Å². The predicted molar refractivity (Wildman–Crippen MR) is 114 cm³/mol. The van der Waals surface area contributed by atoms with Crippen molar-refractivity contribution in [2.45, 2.75) is 12.8 Å². The first kappa shape index (κ1) is 19.8. The van der Waals surface area contributed by atoms with Gasteiger partial charge in [0.2, 0.25) is 5.91 Å². The van der Waals surface area contributed by atoms with Crippen molar-refractivity contribution in [3.05, 3.63) is 72.7 Å². The lowest BCUT2D eigenvalue weighted by Crippen LogP contribution is -2.41. The van der Waals surface area contributed by atoms with Crippen LogP contribution in [0.5, 0.6) is 5.75 Å². The number of piperidine rings is 1. The van der Waals surface area contributed by atoms with Crippen molar-refractivity contribution in [1.29, 1.82) is 0 Å². The summed E-state index contributed by atoms with van der Waals surface area (Å²) in [5, 5.41) is 2.95. The number of hydrogen-bond acceptors (Lipinski definition) is 4. The number of methoxy groups -OCH3 is 1. The summed E-state index contributed by atoms with van der Waals surface area (Å²) in [6, 6.07) is 18.9. The van der Waals surface area contributed by atoms with Crippen LogP contribution in [0.3, 0.4) is 0 Å². The van der Waals surface area contributed by atoms with Gasteiger partial charge in [-0.3, -0.25) is 9.59 Å². The molecule has 1 saturated heterocycles. The van der Waals surface area contributed by atoms with Gasteiger partial charge in [-0.2, -0.15) is 0 Å². The summed E-state index contributed by atoms with van der Waals surface area (Å²) in [4.78, 5) is 27.5. The molecule has 6 heteroatoms.